The van der Waals surface area contributed by atoms with Crippen LogP contribution in [0.25, 0.3) is 9.75 Å². The van der Waals surface area contributed by atoms with Crippen molar-refractivity contribution in [1.82, 2.24) is 0 Å². The summed E-state index contributed by atoms with van der Waals surface area (Å²) in [5, 5.41) is 3.71. The summed E-state index contributed by atoms with van der Waals surface area (Å²) in [5.74, 6) is 0.938. The van der Waals surface area contributed by atoms with Gasteiger partial charge in [-0.05, 0) is 54.4 Å². The van der Waals surface area contributed by atoms with Gasteiger partial charge in [0.2, 0.25) is 0 Å². The highest BCUT2D eigenvalue weighted by Gasteiger charge is 2.48. The Kier molecular flexibility index (Phi) is 11.2. The van der Waals surface area contributed by atoms with Crippen LogP contribution < -0.4 is 10.4 Å². The van der Waals surface area contributed by atoms with E-state index < -0.39 is 8.07 Å². The van der Waals surface area contributed by atoms with Crippen LogP contribution in [0.1, 0.15) is 120 Å². The van der Waals surface area contributed by atoms with Crippen molar-refractivity contribution in [2.45, 2.75) is 137 Å². The van der Waals surface area contributed by atoms with Crippen LogP contribution in [-0.4, -0.2) is 8.07 Å². The number of aryl methyl sites for hydroxylation is 2. The van der Waals surface area contributed by atoms with Crippen LogP contribution in [0.15, 0.2) is 12.1 Å². The fourth-order valence-corrected chi connectivity index (χ4v) is 15.9. The largest absolute Gasteiger partial charge is 0.140 e. The van der Waals surface area contributed by atoms with E-state index in [0.29, 0.717) is 0 Å². The number of rotatable bonds is 17. The molecule has 0 radical (unpaired) electrons. The number of hydrogen-bond donors (Lipinski definition) is 0. The lowest BCUT2D eigenvalue weighted by Crippen LogP contribution is -2.55. The molecule has 1 aliphatic rings. The van der Waals surface area contributed by atoms with E-state index in [4.69, 9.17) is 0 Å². The van der Waals surface area contributed by atoms with Crippen molar-refractivity contribution in [2.24, 2.45) is 5.92 Å². The Morgan fingerprint density at radius 3 is 1.70 bits per heavy atom. The van der Waals surface area contributed by atoms with E-state index in [1.165, 1.54) is 102 Å². The van der Waals surface area contributed by atoms with Crippen LogP contribution in [0.3, 0.4) is 0 Å². The highest BCUT2D eigenvalue weighted by molar-refractivity contribution is 7.29. The van der Waals surface area contributed by atoms with Gasteiger partial charge in [0, 0.05) is 19.5 Å². The molecule has 0 spiro atoms. The van der Waals surface area contributed by atoms with E-state index >= 15 is 0 Å². The summed E-state index contributed by atoms with van der Waals surface area (Å²) in [4.78, 5) is 6.48. The molecular weight excluding hydrogens is 453 g/mol. The van der Waals surface area contributed by atoms with E-state index in [9.17, 15) is 0 Å². The zero-order valence-electron chi connectivity index (χ0n) is 22.4. The predicted octanol–water partition coefficient (Wildman–Crippen LogP) is 10.1. The summed E-state index contributed by atoms with van der Waals surface area (Å²) in [6, 6.07) is 8.34. The predicted molar refractivity (Wildman–Crippen MR) is 157 cm³/mol. The van der Waals surface area contributed by atoms with Crippen molar-refractivity contribution in [3.05, 3.63) is 21.9 Å². The Hall–Kier alpha value is -0.383. The summed E-state index contributed by atoms with van der Waals surface area (Å²) in [6.45, 7) is 11.8. The second kappa shape index (κ2) is 13.6. The van der Waals surface area contributed by atoms with Crippen LogP contribution in [0, 0.1) is 19.8 Å². The molecule has 0 amide bonds. The lowest BCUT2D eigenvalue weighted by atomic mass is 9.97. The summed E-state index contributed by atoms with van der Waals surface area (Å²) < 4.78 is 0. The first-order valence-corrected chi connectivity index (χ1v) is 18.3. The molecule has 3 heteroatoms. The third-order valence-corrected chi connectivity index (χ3v) is 15.9. The minimum atomic E-state index is -1.66. The van der Waals surface area contributed by atoms with E-state index in [2.05, 4.69) is 69.4 Å². The molecule has 33 heavy (non-hydrogen) atoms. The molecule has 186 valence electrons. The van der Waals surface area contributed by atoms with Crippen LogP contribution >= 0.6 is 22.7 Å². The quantitative estimate of drug-likeness (QED) is 0.149. The Labute approximate surface area is 214 Å². The fourth-order valence-electron chi connectivity index (χ4n) is 6.21. The smallest absolute Gasteiger partial charge is 0.122 e. The molecule has 0 nitrogen and oxygen atoms in total. The lowest BCUT2D eigenvalue weighted by molar-refractivity contribution is 0.440. The SMILES string of the molecule is CCCCCCCC[Si]1(CC(CCCC)CCCCCC)c2cc(C)sc2-c2sc(C)cc21. The minimum Gasteiger partial charge on any atom is -0.140 e. The number of thiophene rings is 2. The monoisotopic (exact) mass is 502 g/mol. The Morgan fingerprint density at radius 2 is 1.12 bits per heavy atom. The van der Waals surface area contributed by atoms with Gasteiger partial charge >= 0.3 is 0 Å². The molecule has 2 aromatic heterocycles. The van der Waals surface area contributed by atoms with Crippen LogP contribution in [-0.2, 0) is 0 Å². The van der Waals surface area contributed by atoms with Gasteiger partial charge < -0.3 is 0 Å². The summed E-state index contributed by atoms with van der Waals surface area (Å²) in [6.07, 6.45) is 19.9. The van der Waals surface area contributed by atoms with Crippen LogP contribution in [0.5, 0.6) is 0 Å². The lowest BCUT2D eigenvalue weighted by Gasteiger charge is -2.33. The van der Waals surface area contributed by atoms with E-state index in [0.717, 1.165) is 5.92 Å². The number of fused-ring (bicyclic) bond motifs is 3. The molecule has 1 unspecified atom stereocenters. The average Bonchev–Trinajstić information content (AvgIpc) is 3.43. The van der Waals surface area contributed by atoms with Crippen LogP contribution in [0.2, 0.25) is 12.1 Å². The third-order valence-electron chi connectivity index (χ3n) is 7.97. The highest BCUT2D eigenvalue weighted by Crippen LogP contribution is 2.44. The van der Waals surface area contributed by atoms with Crippen molar-refractivity contribution in [3.8, 4) is 9.75 Å². The van der Waals surface area contributed by atoms with Gasteiger partial charge in [-0.15, -0.1) is 22.7 Å². The third kappa shape index (κ3) is 6.85. The summed E-state index contributed by atoms with van der Waals surface area (Å²) in [5.41, 5.74) is 0. The summed E-state index contributed by atoms with van der Waals surface area (Å²) in [7, 11) is -1.66. The van der Waals surface area contributed by atoms with Gasteiger partial charge in [0.15, 0.2) is 0 Å². The molecule has 0 saturated carbocycles. The van der Waals surface area contributed by atoms with Gasteiger partial charge in [0.05, 0.1) is 0 Å². The Balaban J connectivity index is 1.86. The molecule has 0 N–H and O–H groups in total. The maximum absolute atomic E-state index is 2.65. The maximum atomic E-state index is 2.65. The summed E-state index contributed by atoms with van der Waals surface area (Å²) >= 11 is 4.20. The number of hydrogen-bond acceptors (Lipinski definition) is 2. The number of unbranched alkanes of at least 4 members (excludes halogenated alkanes) is 9. The molecule has 2 aromatic rings. The first-order valence-electron chi connectivity index (χ1n) is 14.3. The minimum absolute atomic E-state index is 0.938. The van der Waals surface area contributed by atoms with Gasteiger partial charge in [0.25, 0.3) is 0 Å². The second-order valence-electron chi connectivity index (χ2n) is 10.9. The second-order valence-corrected chi connectivity index (χ2v) is 17.5. The zero-order chi connectivity index (χ0) is 23.7. The Bertz CT molecular complexity index is 784. The maximum Gasteiger partial charge on any atom is 0.122 e. The molecule has 3 heterocycles. The molecule has 0 saturated heterocycles. The zero-order valence-corrected chi connectivity index (χ0v) is 25.0. The topological polar surface area (TPSA) is 0 Å². The standard InChI is InChI=1S/C30H50S2Si/c1-6-9-12-14-15-17-20-33(23-26(18-11-8-3)19-16-13-10-7-2)27-21-24(4)31-29(27)30-28(33)22-25(5)32-30/h21-22,26H,6-20,23H2,1-5H3. The first-order chi connectivity index (χ1) is 16.1. The molecule has 0 aliphatic carbocycles. The van der Waals surface area contributed by atoms with Crippen molar-refractivity contribution >= 4 is 41.1 Å². The van der Waals surface area contributed by atoms with Crippen molar-refractivity contribution in [3.63, 3.8) is 0 Å². The van der Waals surface area contributed by atoms with E-state index in [1.54, 1.807) is 19.5 Å². The van der Waals surface area contributed by atoms with Gasteiger partial charge in [-0.2, -0.15) is 0 Å². The first kappa shape index (κ1) is 27.2. The van der Waals surface area contributed by atoms with Gasteiger partial charge in [0.1, 0.15) is 8.07 Å². The highest BCUT2D eigenvalue weighted by atomic mass is 32.1. The molecule has 0 fully saturated rings. The van der Waals surface area contributed by atoms with Gasteiger partial charge in [-0.25, -0.2) is 0 Å². The van der Waals surface area contributed by atoms with Gasteiger partial charge in [-0.3, -0.25) is 0 Å². The van der Waals surface area contributed by atoms with Crippen LogP contribution in [0.4, 0.5) is 0 Å². The molecule has 1 atom stereocenters. The molecular formula is C30H50S2Si. The van der Waals surface area contributed by atoms with E-state index in [1.807, 2.05) is 10.4 Å². The average molecular weight is 503 g/mol. The molecule has 0 aromatic carbocycles. The normalized spacial score (nSPS) is 15.1. The molecule has 1 aliphatic heterocycles. The fraction of sp³-hybridized carbons (Fsp3) is 0.733. The van der Waals surface area contributed by atoms with E-state index in [-0.39, 0.29) is 0 Å². The Morgan fingerprint density at radius 1 is 0.636 bits per heavy atom. The molecule has 3 rings (SSSR count). The molecule has 0 bridgehead atoms. The van der Waals surface area contributed by atoms with Crippen molar-refractivity contribution in [2.75, 3.05) is 0 Å². The van der Waals surface area contributed by atoms with Crippen molar-refractivity contribution < 1.29 is 0 Å². The van der Waals surface area contributed by atoms with Crippen molar-refractivity contribution in [1.29, 1.82) is 0 Å². The van der Waals surface area contributed by atoms with Gasteiger partial charge in [-0.1, -0.05) is 111 Å².